The molecule has 0 unspecified atom stereocenters. The molecule has 0 atom stereocenters. The lowest BCUT2D eigenvalue weighted by molar-refractivity contribution is 1.06. The van der Waals surface area contributed by atoms with E-state index in [9.17, 15) is 0 Å². The van der Waals surface area contributed by atoms with Gasteiger partial charge in [-0.25, -0.2) is 4.98 Å². The van der Waals surface area contributed by atoms with Crippen molar-refractivity contribution in [2.45, 2.75) is 0 Å². The summed E-state index contributed by atoms with van der Waals surface area (Å²) < 4.78 is 3.06. The van der Waals surface area contributed by atoms with Crippen LogP contribution >= 0.6 is 15.9 Å². The Morgan fingerprint density at radius 1 is 1.06 bits per heavy atom. The minimum absolute atomic E-state index is 0.922. The van der Waals surface area contributed by atoms with Crippen molar-refractivity contribution in [3.63, 3.8) is 0 Å². The molecule has 3 rings (SSSR count). The standard InChI is InChI=1S/C14H10BrN3/c15-12-3-5-13(6-4-12)18-9-14(17-10-18)11-2-1-7-16-8-11/h1-10H. The van der Waals surface area contributed by atoms with Crippen molar-refractivity contribution in [1.29, 1.82) is 0 Å². The van der Waals surface area contributed by atoms with E-state index < -0.39 is 0 Å². The summed E-state index contributed by atoms with van der Waals surface area (Å²) in [4.78, 5) is 8.50. The van der Waals surface area contributed by atoms with Crippen molar-refractivity contribution in [2.75, 3.05) is 0 Å². The molecule has 0 aliphatic heterocycles. The third-order valence-electron chi connectivity index (χ3n) is 2.66. The number of halogens is 1. The third kappa shape index (κ3) is 2.19. The monoisotopic (exact) mass is 299 g/mol. The van der Waals surface area contributed by atoms with Crippen LogP contribution in [0.1, 0.15) is 0 Å². The molecule has 3 aromatic rings. The van der Waals surface area contributed by atoms with Gasteiger partial charge in [0.05, 0.1) is 12.0 Å². The quantitative estimate of drug-likeness (QED) is 0.722. The van der Waals surface area contributed by atoms with Crippen LogP contribution in [0.5, 0.6) is 0 Å². The molecule has 4 heteroatoms. The van der Waals surface area contributed by atoms with E-state index in [-0.39, 0.29) is 0 Å². The molecule has 0 aliphatic carbocycles. The summed E-state index contributed by atoms with van der Waals surface area (Å²) in [5, 5.41) is 0. The predicted octanol–water partition coefficient (Wildman–Crippen LogP) is 3.70. The van der Waals surface area contributed by atoms with Crippen molar-refractivity contribution < 1.29 is 0 Å². The molecule has 0 saturated carbocycles. The van der Waals surface area contributed by atoms with Crippen LogP contribution in [0.15, 0.2) is 65.8 Å². The minimum Gasteiger partial charge on any atom is -0.306 e. The SMILES string of the molecule is Brc1ccc(-n2cnc(-c3cccnc3)c2)cc1. The van der Waals surface area contributed by atoms with E-state index in [1.165, 1.54) is 0 Å². The fourth-order valence-corrected chi connectivity index (χ4v) is 2.00. The first-order chi connectivity index (χ1) is 8.83. The fourth-order valence-electron chi connectivity index (χ4n) is 1.74. The summed E-state index contributed by atoms with van der Waals surface area (Å²) in [6.07, 6.45) is 7.38. The first-order valence-corrected chi connectivity index (χ1v) is 6.32. The maximum Gasteiger partial charge on any atom is 0.0999 e. The van der Waals surface area contributed by atoms with Gasteiger partial charge in [-0.05, 0) is 36.4 Å². The summed E-state index contributed by atoms with van der Waals surface area (Å²) in [6.45, 7) is 0. The second kappa shape index (κ2) is 4.74. The van der Waals surface area contributed by atoms with E-state index in [0.29, 0.717) is 0 Å². The van der Waals surface area contributed by atoms with Crippen LogP contribution in [0.4, 0.5) is 0 Å². The van der Waals surface area contributed by atoms with Crippen molar-refractivity contribution >= 4 is 15.9 Å². The Morgan fingerprint density at radius 2 is 1.89 bits per heavy atom. The van der Waals surface area contributed by atoms with Crippen molar-refractivity contribution in [3.8, 4) is 16.9 Å². The fraction of sp³-hybridized carbons (Fsp3) is 0. The normalized spacial score (nSPS) is 10.5. The molecule has 0 amide bonds. The highest BCUT2D eigenvalue weighted by Gasteiger charge is 2.03. The highest BCUT2D eigenvalue weighted by atomic mass is 79.9. The van der Waals surface area contributed by atoms with E-state index in [1.807, 2.05) is 59.7 Å². The van der Waals surface area contributed by atoms with Gasteiger partial charge in [-0.3, -0.25) is 4.98 Å². The number of benzene rings is 1. The van der Waals surface area contributed by atoms with Gasteiger partial charge in [0.1, 0.15) is 0 Å². The van der Waals surface area contributed by atoms with E-state index >= 15 is 0 Å². The summed E-state index contributed by atoms with van der Waals surface area (Å²) in [5.41, 5.74) is 3.03. The van der Waals surface area contributed by atoms with E-state index in [4.69, 9.17) is 0 Å². The average Bonchev–Trinajstić information content (AvgIpc) is 2.90. The maximum absolute atomic E-state index is 4.40. The lowest BCUT2D eigenvalue weighted by Crippen LogP contribution is -1.88. The number of hydrogen-bond donors (Lipinski definition) is 0. The Kier molecular flexibility index (Phi) is 2.94. The van der Waals surface area contributed by atoms with Gasteiger partial charge in [0.15, 0.2) is 0 Å². The van der Waals surface area contributed by atoms with Gasteiger partial charge < -0.3 is 4.57 Å². The molecule has 0 bridgehead atoms. The van der Waals surface area contributed by atoms with Crippen LogP contribution in [0, 0.1) is 0 Å². The van der Waals surface area contributed by atoms with Crippen LogP contribution in [-0.2, 0) is 0 Å². The molecular weight excluding hydrogens is 290 g/mol. The molecule has 0 N–H and O–H groups in total. The Hall–Kier alpha value is -1.94. The number of hydrogen-bond acceptors (Lipinski definition) is 2. The Morgan fingerprint density at radius 3 is 2.61 bits per heavy atom. The molecule has 0 radical (unpaired) electrons. The van der Waals surface area contributed by atoms with Gasteiger partial charge in [0.25, 0.3) is 0 Å². The first-order valence-electron chi connectivity index (χ1n) is 5.53. The first kappa shape index (κ1) is 11.2. The molecule has 2 heterocycles. The van der Waals surface area contributed by atoms with Gasteiger partial charge in [-0.1, -0.05) is 15.9 Å². The zero-order chi connectivity index (χ0) is 12.4. The van der Waals surface area contributed by atoms with Gasteiger partial charge in [-0.15, -0.1) is 0 Å². The molecule has 2 aromatic heterocycles. The molecule has 0 fully saturated rings. The second-order valence-corrected chi connectivity index (χ2v) is 4.80. The van der Waals surface area contributed by atoms with Crippen LogP contribution in [0.25, 0.3) is 16.9 Å². The predicted molar refractivity (Wildman–Crippen MR) is 74.5 cm³/mol. The largest absolute Gasteiger partial charge is 0.306 e. The molecule has 18 heavy (non-hydrogen) atoms. The van der Waals surface area contributed by atoms with Crippen LogP contribution in [-0.4, -0.2) is 14.5 Å². The third-order valence-corrected chi connectivity index (χ3v) is 3.19. The zero-order valence-electron chi connectivity index (χ0n) is 9.49. The number of rotatable bonds is 2. The summed E-state index contributed by atoms with van der Waals surface area (Å²) in [5.74, 6) is 0. The lowest BCUT2D eigenvalue weighted by atomic mass is 10.2. The van der Waals surface area contributed by atoms with Crippen LogP contribution < -0.4 is 0 Å². The minimum atomic E-state index is 0.922. The number of imidazole rings is 1. The van der Waals surface area contributed by atoms with Crippen molar-refractivity contribution in [2.24, 2.45) is 0 Å². The highest BCUT2D eigenvalue weighted by Crippen LogP contribution is 2.19. The average molecular weight is 300 g/mol. The Labute approximate surface area is 113 Å². The van der Waals surface area contributed by atoms with E-state index in [1.54, 1.807) is 6.20 Å². The van der Waals surface area contributed by atoms with Crippen LogP contribution in [0.3, 0.4) is 0 Å². The van der Waals surface area contributed by atoms with Gasteiger partial charge in [0, 0.05) is 34.3 Å². The highest BCUT2D eigenvalue weighted by molar-refractivity contribution is 9.10. The molecule has 0 saturated heterocycles. The molecule has 0 aliphatic rings. The van der Waals surface area contributed by atoms with Crippen molar-refractivity contribution in [1.82, 2.24) is 14.5 Å². The number of aromatic nitrogens is 3. The summed E-state index contributed by atoms with van der Waals surface area (Å²) in [6, 6.07) is 12.0. The topological polar surface area (TPSA) is 30.7 Å². The molecule has 88 valence electrons. The number of pyridine rings is 1. The molecule has 1 aromatic carbocycles. The Bertz CT molecular complexity index is 644. The summed E-state index contributed by atoms with van der Waals surface area (Å²) >= 11 is 3.43. The van der Waals surface area contributed by atoms with Crippen LogP contribution in [0.2, 0.25) is 0 Å². The smallest absolute Gasteiger partial charge is 0.0999 e. The zero-order valence-corrected chi connectivity index (χ0v) is 11.1. The summed E-state index contributed by atoms with van der Waals surface area (Å²) in [7, 11) is 0. The van der Waals surface area contributed by atoms with E-state index in [0.717, 1.165) is 21.4 Å². The molecule has 0 spiro atoms. The van der Waals surface area contributed by atoms with E-state index in [2.05, 4.69) is 25.9 Å². The molecule has 3 nitrogen and oxygen atoms in total. The Balaban J connectivity index is 1.97. The van der Waals surface area contributed by atoms with Gasteiger partial charge in [-0.2, -0.15) is 0 Å². The second-order valence-electron chi connectivity index (χ2n) is 3.88. The lowest BCUT2D eigenvalue weighted by Gasteiger charge is -2.01. The molecular formula is C14H10BrN3. The number of nitrogens with zero attached hydrogens (tertiary/aromatic N) is 3. The van der Waals surface area contributed by atoms with Crippen molar-refractivity contribution in [3.05, 3.63) is 65.8 Å². The maximum atomic E-state index is 4.40. The van der Waals surface area contributed by atoms with Gasteiger partial charge in [0.2, 0.25) is 0 Å². The van der Waals surface area contributed by atoms with Gasteiger partial charge >= 0.3 is 0 Å².